The molecule has 0 bridgehead atoms. The molecule has 1 amide bonds. The third-order valence-electron chi connectivity index (χ3n) is 3.21. The summed E-state index contributed by atoms with van der Waals surface area (Å²) in [6.07, 6.45) is 0. The average molecular weight is 369 g/mol. The third kappa shape index (κ3) is 4.54. The van der Waals surface area contributed by atoms with Crippen LogP contribution in [0.4, 0.5) is 5.69 Å². The Kier molecular flexibility index (Phi) is 5.71. The van der Waals surface area contributed by atoms with E-state index in [0.717, 1.165) is 0 Å². The van der Waals surface area contributed by atoms with E-state index in [1.807, 2.05) is 4.98 Å². The van der Waals surface area contributed by atoms with Crippen LogP contribution in [-0.2, 0) is 0 Å². The van der Waals surface area contributed by atoms with E-state index >= 15 is 0 Å². The molecule has 25 heavy (non-hydrogen) atoms. The lowest BCUT2D eigenvalue weighted by atomic mass is 10.3. The fourth-order valence-corrected chi connectivity index (χ4v) is 2.18. The smallest absolute Gasteiger partial charge is 0.326 e. The van der Waals surface area contributed by atoms with Crippen LogP contribution in [-0.4, -0.2) is 35.6 Å². The maximum atomic E-state index is 12.1. The van der Waals surface area contributed by atoms with Crippen molar-refractivity contribution >= 4 is 23.2 Å². The molecule has 0 saturated heterocycles. The van der Waals surface area contributed by atoms with E-state index in [1.165, 1.54) is 7.11 Å². The molecule has 2 rings (SSSR count). The molecule has 0 fully saturated rings. The maximum absolute atomic E-state index is 12.1. The molecule has 2 aromatic rings. The minimum absolute atomic E-state index is 0.102. The molecule has 1 unspecified atom stereocenters. The number of aromatic nitrogens is 2. The molecule has 134 valence electrons. The number of nitrogens with two attached hydrogens (primary N) is 1. The van der Waals surface area contributed by atoms with Gasteiger partial charge in [-0.25, -0.2) is 4.79 Å². The predicted octanol–water partition coefficient (Wildman–Crippen LogP) is 0.505. The average Bonchev–Trinajstić information content (AvgIpc) is 2.56. The van der Waals surface area contributed by atoms with Gasteiger partial charge in [-0.3, -0.25) is 14.6 Å². The summed E-state index contributed by atoms with van der Waals surface area (Å²) in [5.41, 5.74) is 3.18. The number of methoxy groups -OCH3 is 1. The number of hydrogen-bond donors (Lipinski definition) is 4. The van der Waals surface area contributed by atoms with E-state index < -0.39 is 23.2 Å². The van der Waals surface area contributed by atoms with E-state index in [2.05, 4.69) is 10.3 Å². The minimum Gasteiger partial charge on any atom is -0.497 e. The number of amides is 1. The molecule has 0 aliphatic heterocycles. The van der Waals surface area contributed by atoms with Crippen LogP contribution in [0.25, 0.3) is 0 Å². The van der Waals surface area contributed by atoms with Gasteiger partial charge in [0.25, 0.3) is 11.5 Å². The van der Waals surface area contributed by atoms with Gasteiger partial charge in [-0.1, -0.05) is 11.6 Å². The number of rotatable bonds is 6. The SMILES string of the molecule is COc1ccc(OCC(C)NC(=O)c2[nH]c(=O)[nH]c(=O)c2N)c(Cl)c1. The van der Waals surface area contributed by atoms with Crippen LogP contribution in [0.2, 0.25) is 5.02 Å². The van der Waals surface area contributed by atoms with Crippen molar-refractivity contribution < 1.29 is 14.3 Å². The van der Waals surface area contributed by atoms with Crippen molar-refractivity contribution in [3.8, 4) is 11.5 Å². The number of nitrogen functional groups attached to an aromatic ring is 1. The van der Waals surface area contributed by atoms with Gasteiger partial charge in [0.2, 0.25) is 0 Å². The zero-order valence-corrected chi connectivity index (χ0v) is 14.3. The highest BCUT2D eigenvalue weighted by molar-refractivity contribution is 6.32. The molecular formula is C15H17ClN4O5. The van der Waals surface area contributed by atoms with Gasteiger partial charge in [0.1, 0.15) is 29.5 Å². The highest BCUT2D eigenvalue weighted by Crippen LogP contribution is 2.28. The first-order chi connectivity index (χ1) is 11.8. The Morgan fingerprint density at radius 1 is 1.36 bits per heavy atom. The summed E-state index contributed by atoms with van der Waals surface area (Å²) in [4.78, 5) is 38.9. The number of anilines is 1. The molecule has 0 aliphatic carbocycles. The first kappa shape index (κ1) is 18.4. The Morgan fingerprint density at radius 2 is 2.08 bits per heavy atom. The Balaban J connectivity index is 2.01. The molecule has 0 radical (unpaired) electrons. The number of H-pyrrole nitrogens is 2. The van der Waals surface area contributed by atoms with Gasteiger partial charge in [0.05, 0.1) is 18.2 Å². The fourth-order valence-electron chi connectivity index (χ4n) is 1.95. The van der Waals surface area contributed by atoms with Gasteiger partial charge in [0.15, 0.2) is 0 Å². The van der Waals surface area contributed by atoms with Crippen molar-refractivity contribution in [3.05, 3.63) is 49.8 Å². The molecule has 0 aliphatic rings. The van der Waals surface area contributed by atoms with Gasteiger partial charge >= 0.3 is 5.69 Å². The van der Waals surface area contributed by atoms with Crippen molar-refractivity contribution in [1.29, 1.82) is 0 Å². The van der Waals surface area contributed by atoms with Crippen LogP contribution in [0.3, 0.4) is 0 Å². The number of carbonyl (C=O) groups is 1. The lowest BCUT2D eigenvalue weighted by Crippen LogP contribution is -2.40. The monoisotopic (exact) mass is 368 g/mol. The molecule has 1 aromatic carbocycles. The van der Waals surface area contributed by atoms with Crippen LogP contribution in [0.1, 0.15) is 17.4 Å². The first-order valence-electron chi connectivity index (χ1n) is 7.21. The Bertz CT molecular complexity index is 892. The Labute approximate surface area is 147 Å². The second kappa shape index (κ2) is 7.75. The van der Waals surface area contributed by atoms with E-state index in [1.54, 1.807) is 25.1 Å². The number of carbonyl (C=O) groups excluding carboxylic acids is 1. The highest BCUT2D eigenvalue weighted by Gasteiger charge is 2.17. The Hall–Kier alpha value is -2.94. The Morgan fingerprint density at radius 3 is 2.72 bits per heavy atom. The second-order valence-corrected chi connectivity index (χ2v) is 5.59. The van der Waals surface area contributed by atoms with Crippen molar-refractivity contribution in [3.63, 3.8) is 0 Å². The number of aromatic amines is 2. The fraction of sp³-hybridized carbons (Fsp3) is 0.267. The molecule has 0 saturated carbocycles. The predicted molar refractivity (Wildman–Crippen MR) is 92.5 cm³/mol. The molecule has 1 aromatic heterocycles. The zero-order valence-electron chi connectivity index (χ0n) is 13.5. The number of benzene rings is 1. The number of ether oxygens (including phenoxy) is 2. The summed E-state index contributed by atoms with van der Waals surface area (Å²) in [6.45, 7) is 1.78. The maximum Gasteiger partial charge on any atom is 0.326 e. The van der Waals surface area contributed by atoms with E-state index in [0.29, 0.717) is 16.5 Å². The van der Waals surface area contributed by atoms with Crippen LogP contribution in [0.15, 0.2) is 27.8 Å². The zero-order chi connectivity index (χ0) is 18.6. The quantitative estimate of drug-likeness (QED) is 0.585. The molecule has 1 heterocycles. The number of hydrogen-bond acceptors (Lipinski definition) is 6. The lowest BCUT2D eigenvalue weighted by molar-refractivity contribution is 0.0922. The summed E-state index contributed by atoms with van der Waals surface area (Å²) in [6, 6.07) is 4.48. The van der Waals surface area contributed by atoms with Gasteiger partial charge < -0.3 is 25.5 Å². The first-order valence-corrected chi connectivity index (χ1v) is 7.59. The van der Waals surface area contributed by atoms with Gasteiger partial charge in [0, 0.05) is 6.07 Å². The summed E-state index contributed by atoms with van der Waals surface area (Å²) >= 11 is 6.06. The normalized spacial score (nSPS) is 11.6. The largest absolute Gasteiger partial charge is 0.497 e. The van der Waals surface area contributed by atoms with Crippen LogP contribution in [0.5, 0.6) is 11.5 Å². The minimum atomic E-state index is -0.831. The van der Waals surface area contributed by atoms with Gasteiger partial charge in [-0.05, 0) is 19.1 Å². The van der Waals surface area contributed by atoms with Crippen LogP contribution >= 0.6 is 11.6 Å². The molecule has 9 nitrogen and oxygen atoms in total. The second-order valence-electron chi connectivity index (χ2n) is 5.18. The number of halogens is 1. The lowest BCUT2D eigenvalue weighted by Gasteiger charge is -2.16. The highest BCUT2D eigenvalue weighted by atomic mass is 35.5. The summed E-state index contributed by atoms with van der Waals surface area (Å²) < 4.78 is 10.6. The van der Waals surface area contributed by atoms with Crippen molar-refractivity contribution in [2.45, 2.75) is 13.0 Å². The van der Waals surface area contributed by atoms with Crippen molar-refractivity contribution in [1.82, 2.24) is 15.3 Å². The van der Waals surface area contributed by atoms with Crippen molar-refractivity contribution in [2.24, 2.45) is 0 Å². The summed E-state index contributed by atoms with van der Waals surface area (Å²) in [5, 5.41) is 2.93. The third-order valence-corrected chi connectivity index (χ3v) is 3.51. The summed E-state index contributed by atoms with van der Waals surface area (Å²) in [5.74, 6) is 0.317. The van der Waals surface area contributed by atoms with Crippen molar-refractivity contribution in [2.75, 3.05) is 19.5 Å². The molecule has 5 N–H and O–H groups in total. The molecule has 0 spiro atoms. The summed E-state index contributed by atoms with van der Waals surface area (Å²) in [7, 11) is 1.52. The topological polar surface area (TPSA) is 139 Å². The van der Waals surface area contributed by atoms with E-state index in [9.17, 15) is 14.4 Å². The molecular weight excluding hydrogens is 352 g/mol. The molecule has 1 atom stereocenters. The molecule has 10 heteroatoms. The van der Waals surface area contributed by atoms with E-state index in [-0.39, 0.29) is 18.0 Å². The van der Waals surface area contributed by atoms with E-state index in [4.69, 9.17) is 26.8 Å². The number of nitrogens with one attached hydrogen (secondary N) is 3. The van der Waals surface area contributed by atoms with Crippen LogP contribution < -0.4 is 31.8 Å². The standard InChI is InChI=1S/C15H17ClN4O5/c1-7(6-25-10-4-3-8(24-2)5-9(10)16)18-14(22)12-11(17)13(21)20-15(23)19-12/h3-5,7H,6,17H2,1-2H3,(H,18,22)(H2,19,20,21,23). The van der Waals surface area contributed by atoms with Crippen LogP contribution in [0, 0.1) is 0 Å². The van der Waals surface area contributed by atoms with Gasteiger partial charge in [-0.15, -0.1) is 0 Å². The van der Waals surface area contributed by atoms with Gasteiger partial charge in [-0.2, -0.15) is 0 Å².